The molecule has 1 aromatic carbocycles. The summed E-state index contributed by atoms with van der Waals surface area (Å²) in [5.74, 6) is 0.400. The molecule has 0 heterocycles. The van der Waals surface area contributed by atoms with Crippen molar-refractivity contribution in [2.75, 3.05) is 12.5 Å². The predicted molar refractivity (Wildman–Crippen MR) is 62.0 cm³/mol. The minimum Gasteiger partial charge on any atom is -0.485 e. The highest BCUT2D eigenvalue weighted by Crippen LogP contribution is 2.37. The number of hydrogen-bond donors (Lipinski definition) is 0. The Balaban J connectivity index is 3.15. The molecule has 0 bridgehead atoms. The molecule has 0 aliphatic carbocycles. The Hall–Kier alpha value is -0.520. The molecule has 1 aromatic rings. The Morgan fingerprint density at radius 1 is 1.53 bits per heavy atom. The van der Waals surface area contributed by atoms with Crippen LogP contribution in [-0.2, 0) is 0 Å². The average molecular weight is 315 g/mol. The first-order chi connectivity index (χ1) is 7.06. The lowest BCUT2D eigenvalue weighted by Gasteiger charge is -2.07. The molecule has 0 radical (unpaired) electrons. The predicted octanol–water partition coefficient (Wildman–Crippen LogP) is 3.63. The smallest absolute Gasteiger partial charge is 0.313 e. The highest BCUT2D eigenvalue weighted by atomic mass is 79.9. The van der Waals surface area contributed by atoms with Crippen LogP contribution in [0.25, 0.3) is 0 Å². The molecule has 7 heteroatoms. The van der Waals surface area contributed by atoms with E-state index in [0.717, 1.165) is 0 Å². The van der Waals surface area contributed by atoms with Crippen LogP contribution in [0.5, 0.6) is 5.75 Å². The van der Waals surface area contributed by atoms with Gasteiger partial charge in [-0.2, -0.15) is 0 Å². The molecule has 0 atom stereocenters. The van der Waals surface area contributed by atoms with E-state index in [9.17, 15) is 10.1 Å². The summed E-state index contributed by atoms with van der Waals surface area (Å²) < 4.78 is 5.59. The number of alkyl halides is 1. The minimum atomic E-state index is -0.555. The molecule has 0 aromatic heterocycles. The van der Waals surface area contributed by atoms with Gasteiger partial charge >= 0.3 is 5.69 Å². The molecule has 0 aliphatic rings. The van der Waals surface area contributed by atoms with Crippen LogP contribution >= 0.6 is 39.1 Å². The van der Waals surface area contributed by atoms with Crippen LogP contribution in [0.3, 0.4) is 0 Å². The summed E-state index contributed by atoms with van der Waals surface area (Å²) in [7, 11) is 0. The van der Waals surface area contributed by atoms with Gasteiger partial charge in [0.15, 0.2) is 0 Å². The molecule has 0 saturated carbocycles. The third kappa shape index (κ3) is 3.22. The van der Waals surface area contributed by atoms with Crippen LogP contribution in [0.15, 0.2) is 16.6 Å². The normalized spacial score (nSPS) is 10.1. The molecule has 0 fully saturated rings. The zero-order valence-electron chi connectivity index (χ0n) is 7.37. The zero-order valence-corrected chi connectivity index (χ0v) is 10.5. The zero-order chi connectivity index (χ0) is 11.4. The lowest BCUT2D eigenvalue weighted by Crippen LogP contribution is -2.02. The highest BCUT2D eigenvalue weighted by molar-refractivity contribution is 9.10. The van der Waals surface area contributed by atoms with Crippen molar-refractivity contribution in [3.05, 3.63) is 31.7 Å². The molecular weight excluding hydrogens is 309 g/mol. The van der Waals surface area contributed by atoms with Crippen molar-refractivity contribution in [1.82, 2.24) is 0 Å². The first-order valence-electron chi connectivity index (χ1n) is 3.88. The van der Waals surface area contributed by atoms with Crippen molar-refractivity contribution < 1.29 is 9.66 Å². The monoisotopic (exact) mass is 313 g/mol. The molecule has 0 N–H and O–H groups in total. The van der Waals surface area contributed by atoms with Gasteiger partial charge in [-0.25, -0.2) is 0 Å². The van der Waals surface area contributed by atoms with Gasteiger partial charge in [0.1, 0.15) is 6.61 Å². The Kier molecular flexibility index (Phi) is 4.63. The third-order valence-corrected chi connectivity index (χ3v) is 2.47. The molecule has 0 amide bonds. The van der Waals surface area contributed by atoms with Gasteiger partial charge in [0, 0.05) is 11.1 Å². The summed E-state index contributed by atoms with van der Waals surface area (Å²) >= 11 is 14.3. The molecule has 4 nitrogen and oxygen atoms in total. The fraction of sp³-hybridized carbons (Fsp3) is 0.250. The largest absolute Gasteiger partial charge is 0.485 e. The SMILES string of the molecule is O=[N+]([O-])c1cc(Cl)cc(Br)c1OCCCl. The maximum Gasteiger partial charge on any atom is 0.313 e. The third-order valence-electron chi connectivity index (χ3n) is 1.51. The summed E-state index contributed by atoms with van der Waals surface area (Å²) in [6, 6.07) is 2.76. The molecule has 0 unspecified atom stereocenters. The van der Waals surface area contributed by atoms with Crippen molar-refractivity contribution >= 4 is 44.8 Å². The molecule has 0 saturated heterocycles. The van der Waals surface area contributed by atoms with E-state index in [1.165, 1.54) is 12.1 Å². The number of rotatable bonds is 4. The van der Waals surface area contributed by atoms with E-state index in [1.807, 2.05) is 0 Å². The number of nitro benzene ring substituents is 1. The van der Waals surface area contributed by atoms with Crippen LogP contribution in [0, 0.1) is 10.1 Å². The first kappa shape index (κ1) is 12.5. The Bertz CT molecular complexity index is 386. The topological polar surface area (TPSA) is 52.4 Å². The summed E-state index contributed by atoms with van der Waals surface area (Å²) in [6.45, 7) is 0.197. The van der Waals surface area contributed by atoms with Gasteiger partial charge in [-0.05, 0) is 22.0 Å². The first-order valence-corrected chi connectivity index (χ1v) is 5.59. The summed E-state index contributed by atoms with van der Waals surface area (Å²) in [6.07, 6.45) is 0. The highest BCUT2D eigenvalue weighted by Gasteiger charge is 2.19. The van der Waals surface area contributed by atoms with Gasteiger partial charge in [-0.3, -0.25) is 10.1 Å². The fourth-order valence-corrected chi connectivity index (χ4v) is 1.95. The number of nitrogens with zero attached hydrogens (tertiary/aromatic N) is 1. The van der Waals surface area contributed by atoms with Crippen LogP contribution in [0.2, 0.25) is 5.02 Å². The van der Waals surface area contributed by atoms with Gasteiger partial charge in [-0.15, -0.1) is 11.6 Å². The van der Waals surface area contributed by atoms with E-state index in [2.05, 4.69) is 15.9 Å². The molecular formula is C8H6BrCl2NO3. The van der Waals surface area contributed by atoms with E-state index < -0.39 is 4.92 Å². The summed E-state index contributed by atoms with van der Waals surface area (Å²) in [4.78, 5) is 10.1. The maximum absolute atomic E-state index is 10.7. The molecule has 82 valence electrons. The lowest BCUT2D eigenvalue weighted by molar-refractivity contribution is -0.385. The molecule has 0 spiro atoms. The van der Waals surface area contributed by atoms with Crippen molar-refractivity contribution in [2.24, 2.45) is 0 Å². The molecule has 1 rings (SSSR count). The second-order valence-corrected chi connectivity index (χ2v) is 4.20. The van der Waals surface area contributed by atoms with Crippen LogP contribution in [0.1, 0.15) is 0 Å². The van der Waals surface area contributed by atoms with Crippen LogP contribution in [0.4, 0.5) is 5.69 Å². The van der Waals surface area contributed by atoms with Crippen molar-refractivity contribution in [3.8, 4) is 5.75 Å². The second-order valence-electron chi connectivity index (χ2n) is 2.53. The Labute approximate surface area is 104 Å². The second kappa shape index (κ2) is 5.53. The van der Waals surface area contributed by atoms with Gasteiger partial charge in [0.2, 0.25) is 5.75 Å². The van der Waals surface area contributed by atoms with E-state index in [-0.39, 0.29) is 28.9 Å². The lowest BCUT2D eigenvalue weighted by atomic mass is 10.3. The molecule has 0 aliphatic heterocycles. The van der Waals surface area contributed by atoms with E-state index >= 15 is 0 Å². The van der Waals surface area contributed by atoms with Gasteiger partial charge < -0.3 is 4.74 Å². The minimum absolute atomic E-state index is 0.144. The standard InChI is InChI=1S/C8H6BrCl2NO3/c9-6-3-5(11)4-7(12(13)14)8(6)15-2-1-10/h3-4H,1-2H2. The fourth-order valence-electron chi connectivity index (χ4n) is 0.966. The van der Waals surface area contributed by atoms with Crippen LogP contribution < -0.4 is 4.74 Å². The van der Waals surface area contributed by atoms with Crippen LogP contribution in [-0.4, -0.2) is 17.4 Å². The van der Waals surface area contributed by atoms with Gasteiger partial charge in [0.25, 0.3) is 0 Å². The summed E-state index contributed by atoms with van der Waals surface area (Å²) in [5.41, 5.74) is -0.181. The van der Waals surface area contributed by atoms with Crippen molar-refractivity contribution in [1.29, 1.82) is 0 Å². The summed E-state index contributed by atoms with van der Waals surface area (Å²) in [5, 5.41) is 11.0. The van der Waals surface area contributed by atoms with Crippen molar-refractivity contribution in [3.63, 3.8) is 0 Å². The van der Waals surface area contributed by atoms with E-state index in [0.29, 0.717) is 4.47 Å². The number of hydrogen-bond acceptors (Lipinski definition) is 3. The van der Waals surface area contributed by atoms with E-state index in [1.54, 1.807) is 0 Å². The quantitative estimate of drug-likeness (QED) is 0.484. The number of benzene rings is 1. The van der Waals surface area contributed by atoms with E-state index in [4.69, 9.17) is 27.9 Å². The van der Waals surface area contributed by atoms with Crippen molar-refractivity contribution in [2.45, 2.75) is 0 Å². The number of nitro groups is 1. The number of ether oxygens (including phenoxy) is 1. The molecule has 15 heavy (non-hydrogen) atoms. The van der Waals surface area contributed by atoms with Gasteiger partial charge in [-0.1, -0.05) is 11.6 Å². The van der Waals surface area contributed by atoms with Gasteiger partial charge in [0.05, 0.1) is 15.3 Å². The number of halogens is 3. The Morgan fingerprint density at radius 3 is 2.73 bits per heavy atom. The average Bonchev–Trinajstić information content (AvgIpc) is 2.15. The maximum atomic E-state index is 10.7. The Morgan fingerprint density at radius 2 is 2.20 bits per heavy atom.